The molecule has 1 heterocycles. The van der Waals surface area contributed by atoms with Gasteiger partial charge in [-0.2, -0.15) is 13.2 Å². The van der Waals surface area contributed by atoms with E-state index in [1.807, 2.05) is 24.3 Å². The number of carbonyl (C=O) groups excluding carboxylic acids is 1. The summed E-state index contributed by atoms with van der Waals surface area (Å²) in [6.45, 7) is 1.74. The fraction of sp³-hybridized carbons (Fsp3) is 0.192. The Hall–Kier alpha value is -3.63. The standard InChI is InChI=1S/C26H22F4N4OS/c1-15(35)32-22(11-16-7-9-17(14-31)10-8-16)25-34-33-24(36-25)20-12-19(18-5-3-2-4-6-18)13-21(23(20)27)26(28,29)30/h2-10,12-13,22H,11,14,31H2,1H3,(H,32,35). The third kappa shape index (κ3) is 5.77. The van der Waals surface area contributed by atoms with Crippen LogP contribution in [0.2, 0.25) is 0 Å². The molecule has 1 aromatic heterocycles. The van der Waals surface area contributed by atoms with Crippen LogP contribution in [0.3, 0.4) is 0 Å². The molecule has 1 unspecified atom stereocenters. The van der Waals surface area contributed by atoms with E-state index in [0.717, 1.165) is 28.5 Å². The zero-order chi connectivity index (χ0) is 25.9. The van der Waals surface area contributed by atoms with Gasteiger partial charge in [-0.3, -0.25) is 4.79 Å². The maximum Gasteiger partial charge on any atom is 0.419 e. The Morgan fingerprint density at radius 1 is 1.00 bits per heavy atom. The summed E-state index contributed by atoms with van der Waals surface area (Å²) in [6.07, 6.45) is -4.54. The SMILES string of the molecule is CC(=O)NC(Cc1ccc(CN)cc1)c1nnc(-c2cc(-c3ccccc3)cc(C(F)(F)F)c2F)s1. The number of aromatic nitrogens is 2. The fourth-order valence-corrected chi connectivity index (χ4v) is 4.66. The van der Waals surface area contributed by atoms with Crippen molar-refractivity contribution < 1.29 is 22.4 Å². The van der Waals surface area contributed by atoms with Gasteiger partial charge in [0.2, 0.25) is 5.91 Å². The first-order valence-electron chi connectivity index (χ1n) is 11.0. The van der Waals surface area contributed by atoms with Crippen LogP contribution < -0.4 is 11.1 Å². The summed E-state index contributed by atoms with van der Waals surface area (Å²) in [5.74, 6) is -1.73. The number of nitrogens with two attached hydrogens (primary N) is 1. The largest absolute Gasteiger partial charge is 0.419 e. The van der Waals surface area contributed by atoms with E-state index in [2.05, 4.69) is 15.5 Å². The molecule has 0 aliphatic rings. The Labute approximate surface area is 209 Å². The van der Waals surface area contributed by atoms with Gasteiger partial charge in [0.15, 0.2) is 5.01 Å². The van der Waals surface area contributed by atoms with E-state index in [4.69, 9.17) is 5.73 Å². The topological polar surface area (TPSA) is 80.9 Å². The molecule has 186 valence electrons. The van der Waals surface area contributed by atoms with E-state index in [-0.39, 0.29) is 22.0 Å². The van der Waals surface area contributed by atoms with Gasteiger partial charge in [0.25, 0.3) is 0 Å². The van der Waals surface area contributed by atoms with E-state index < -0.39 is 23.6 Å². The third-order valence-electron chi connectivity index (χ3n) is 5.53. The Balaban J connectivity index is 1.74. The van der Waals surface area contributed by atoms with Gasteiger partial charge in [-0.25, -0.2) is 4.39 Å². The molecule has 0 saturated carbocycles. The number of nitrogens with zero attached hydrogens (tertiary/aromatic N) is 2. The average Bonchev–Trinajstić information content (AvgIpc) is 3.34. The first kappa shape index (κ1) is 25.5. The molecule has 1 atom stereocenters. The minimum Gasteiger partial charge on any atom is -0.347 e. The predicted molar refractivity (Wildman–Crippen MR) is 130 cm³/mol. The van der Waals surface area contributed by atoms with Gasteiger partial charge in [-0.15, -0.1) is 10.2 Å². The number of benzene rings is 3. The minimum absolute atomic E-state index is 0.0142. The number of hydrogen-bond donors (Lipinski definition) is 2. The lowest BCUT2D eigenvalue weighted by atomic mass is 9.99. The smallest absolute Gasteiger partial charge is 0.347 e. The number of carbonyl (C=O) groups is 1. The van der Waals surface area contributed by atoms with Gasteiger partial charge < -0.3 is 11.1 Å². The number of alkyl halides is 3. The third-order valence-corrected chi connectivity index (χ3v) is 6.60. The molecule has 0 aliphatic carbocycles. The average molecular weight is 515 g/mol. The predicted octanol–water partition coefficient (Wildman–Crippen LogP) is 5.91. The van der Waals surface area contributed by atoms with Crippen molar-refractivity contribution in [3.8, 4) is 21.7 Å². The molecule has 0 spiro atoms. The molecule has 0 radical (unpaired) electrons. The second-order valence-electron chi connectivity index (χ2n) is 8.17. The van der Waals surface area contributed by atoms with Crippen molar-refractivity contribution in [2.24, 2.45) is 5.73 Å². The summed E-state index contributed by atoms with van der Waals surface area (Å²) < 4.78 is 56.2. The zero-order valence-corrected chi connectivity index (χ0v) is 20.0. The van der Waals surface area contributed by atoms with Gasteiger partial charge >= 0.3 is 6.18 Å². The lowest BCUT2D eigenvalue weighted by molar-refractivity contribution is -0.139. The Bertz CT molecular complexity index is 1350. The van der Waals surface area contributed by atoms with Crippen LogP contribution in [0.1, 0.15) is 34.7 Å². The zero-order valence-electron chi connectivity index (χ0n) is 19.1. The van der Waals surface area contributed by atoms with E-state index in [9.17, 15) is 18.0 Å². The van der Waals surface area contributed by atoms with Gasteiger partial charge in [0, 0.05) is 19.0 Å². The molecule has 0 fully saturated rings. The molecule has 10 heteroatoms. The number of hydrogen-bond acceptors (Lipinski definition) is 5. The molecule has 5 nitrogen and oxygen atoms in total. The van der Waals surface area contributed by atoms with Crippen LogP contribution in [0.4, 0.5) is 17.6 Å². The highest BCUT2D eigenvalue weighted by molar-refractivity contribution is 7.14. The summed E-state index contributed by atoms with van der Waals surface area (Å²) in [7, 11) is 0. The molecule has 3 aromatic carbocycles. The van der Waals surface area contributed by atoms with E-state index in [1.165, 1.54) is 13.0 Å². The Kier molecular flexibility index (Phi) is 7.46. The lowest BCUT2D eigenvalue weighted by Crippen LogP contribution is -2.27. The fourth-order valence-electron chi connectivity index (χ4n) is 3.76. The van der Waals surface area contributed by atoms with Crippen LogP contribution in [-0.2, 0) is 23.9 Å². The van der Waals surface area contributed by atoms with Gasteiger partial charge in [-0.05, 0) is 40.8 Å². The van der Waals surface area contributed by atoms with Crippen molar-refractivity contribution in [2.75, 3.05) is 0 Å². The highest BCUT2D eigenvalue weighted by Crippen LogP contribution is 2.40. The number of nitrogens with one attached hydrogen (secondary N) is 1. The Morgan fingerprint density at radius 3 is 2.28 bits per heavy atom. The van der Waals surface area contributed by atoms with Crippen molar-refractivity contribution in [3.63, 3.8) is 0 Å². The van der Waals surface area contributed by atoms with Crippen molar-refractivity contribution in [1.29, 1.82) is 0 Å². The molecule has 3 N–H and O–H groups in total. The highest BCUT2D eigenvalue weighted by Gasteiger charge is 2.36. The number of amides is 1. The molecule has 4 rings (SSSR count). The summed E-state index contributed by atoms with van der Waals surface area (Å²) in [5, 5.41) is 11.2. The quantitative estimate of drug-likeness (QED) is 0.301. The highest BCUT2D eigenvalue weighted by atomic mass is 32.1. The first-order chi connectivity index (χ1) is 17.2. The first-order valence-corrected chi connectivity index (χ1v) is 11.8. The minimum atomic E-state index is -4.90. The molecular weight excluding hydrogens is 492 g/mol. The summed E-state index contributed by atoms with van der Waals surface area (Å²) >= 11 is 0.936. The Morgan fingerprint density at radius 2 is 1.67 bits per heavy atom. The molecule has 36 heavy (non-hydrogen) atoms. The number of rotatable bonds is 7. The van der Waals surface area contributed by atoms with E-state index in [1.54, 1.807) is 30.3 Å². The molecule has 0 bridgehead atoms. The normalized spacial score (nSPS) is 12.4. The molecule has 0 aliphatic heterocycles. The van der Waals surface area contributed by atoms with Gasteiger partial charge in [0.05, 0.1) is 11.6 Å². The van der Waals surface area contributed by atoms with Gasteiger partial charge in [0.1, 0.15) is 10.8 Å². The molecule has 4 aromatic rings. The monoisotopic (exact) mass is 514 g/mol. The second kappa shape index (κ2) is 10.5. The van der Waals surface area contributed by atoms with E-state index in [0.29, 0.717) is 23.5 Å². The van der Waals surface area contributed by atoms with Crippen LogP contribution in [0.15, 0.2) is 66.7 Å². The van der Waals surface area contributed by atoms with Gasteiger partial charge in [-0.1, -0.05) is 65.9 Å². The molecule has 1 amide bonds. The number of halogens is 4. The van der Waals surface area contributed by atoms with Crippen molar-refractivity contribution in [2.45, 2.75) is 32.1 Å². The maximum atomic E-state index is 15.1. The van der Waals surface area contributed by atoms with Crippen molar-refractivity contribution in [3.05, 3.63) is 94.2 Å². The van der Waals surface area contributed by atoms with Crippen molar-refractivity contribution in [1.82, 2.24) is 15.5 Å². The summed E-state index contributed by atoms with van der Waals surface area (Å²) in [4.78, 5) is 11.8. The summed E-state index contributed by atoms with van der Waals surface area (Å²) in [6, 6.07) is 17.4. The molecule has 0 saturated heterocycles. The van der Waals surface area contributed by atoms with Crippen LogP contribution in [0, 0.1) is 5.82 Å². The van der Waals surface area contributed by atoms with Crippen LogP contribution in [0.25, 0.3) is 21.7 Å². The van der Waals surface area contributed by atoms with Crippen LogP contribution in [-0.4, -0.2) is 16.1 Å². The lowest BCUT2D eigenvalue weighted by Gasteiger charge is -2.15. The van der Waals surface area contributed by atoms with Crippen LogP contribution >= 0.6 is 11.3 Å². The van der Waals surface area contributed by atoms with Crippen molar-refractivity contribution >= 4 is 17.2 Å². The summed E-state index contributed by atoms with van der Waals surface area (Å²) in [5.41, 5.74) is 6.50. The van der Waals surface area contributed by atoms with E-state index >= 15 is 4.39 Å². The maximum absolute atomic E-state index is 15.1. The van der Waals surface area contributed by atoms with Crippen LogP contribution in [0.5, 0.6) is 0 Å². The second-order valence-corrected chi connectivity index (χ2v) is 9.18. The molecular formula is C26H22F4N4OS.